The number of amidine groups is 1. The van der Waals surface area contributed by atoms with Crippen molar-refractivity contribution in [2.45, 2.75) is 31.3 Å². The van der Waals surface area contributed by atoms with Crippen LogP contribution in [0.4, 0.5) is 5.82 Å². The Balaban J connectivity index is 2.41. The predicted octanol–water partition coefficient (Wildman–Crippen LogP) is 1.81. The Bertz CT molecular complexity index is 482. The molecule has 0 radical (unpaired) electrons. The van der Waals surface area contributed by atoms with E-state index in [9.17, 15) is 0 Å². The Morgan fingerprint density at radius 3 is 2.68 bits per heavy atom. The highest BCUT2D eigenvalue weighted by atomic mass is 32.2. The van der Waals surface area contributed by atoms with Crippen LogP contribution in [0, 0.1) is 6.92 Å². The van der Waals surface area contributed by atoms with E-state index in [1.165, 1.54) is 0 Å². The van der Waals surface area contributed by atoms with Gasteiger partial charge in [-0.1, -0.05) is 19.0 Å². The van der Waals surface area contributed by atoms with Gasteiger partial charge in [0.05, 0.1) is 5.56 Å². The second-order valence-corrected chi connectivity index (χ2v) is 6.86. The van der Waals surface area contributed by atoms with Crippen LogP contribution in [0.15, 0.2) is 17.4 Å². The average molecular weight is 280 g/mol. The monoisotopic (exact) mass is 280 g/mol. The van der Waals surface area contributed by atoms with E-state index in [1.807, 2.05) is 24.8 Å². The van der Waals surface area contributed by atoms with Gasteiger partial charge in [0, 0.05) is 29.8 Å². The summed E-state index contributed by atoms with van der Waals surface area (Å²) in [7, 11) is 0. The van der Waals surface area contributed by atoms with Crippen LogP contribution >= 0.6 is 11.8 Å². The predicted molar refractivity (Wildman–Crippen MR) is 80.2 cm³/mol. The highest BCUT2D eigenvalue weighted by molar-refractivity contribution is 8.00. The third-order valence-electron chi connectivity index (χ3n) is 3.22. The normalized spacial score (nSPS) is 24.6. The molecule has 1 aromatic heterocycles. The van der Waals surface area contributed by atoms with Gasteiger partial charge < -0.3 is 15.8 Å². The fourth-order valence-electron chi connectivity index (χ4n) is 2.50. The summed E-state index contributed by atoms with van der Waals surface area (Å²) in [4.78, 5) is 6.67. The fraction of sp³-hybridized carbons (Fsp3) is 0.538. The fourth-order valence-corrected chi connectivity index (χ4v) is 3.83. The van der Waals surface area contributed by atoms with Crippen LogP contribution in [0.1, 0.15) is 25.0 Å². The summed E-state index contributed by atoms with van der Waals surface area (Å²) in [6, 6.07) is 1.88. The Morgan fingerprint density at radius 2 is 2.11 bits per heavy atom. The molecule has 0 saturated carbocycles. The molecule has 2 heterocycles. The molecule has 2 unspecified atom stereocenters. The molecule has 1 saturated heterocycles. The van der Waals surface area contributed by atoms with Crippen molar-refractivity contribution < 1.29 is 5.21 Å². The van der Waals surface area contributed by atoms with Gasteiger partial charge in [-0.05, 0) is 18.6 Å². The molecule has 3 N–H and O–H groups in total. The Kier molecular flexibility index (Phi) is 4.19. The van der Waals surface area contributed by atoms with Crippen LogP contribution in [0.5, 0.6) is 0 Å². The minimum atomic E-state index is 0.124. The summed E-state index contributed by atoms with van der Waals surface area (Å²) >= 11 is 1.98. The maximum atomic E-state index is 8.95. The molecule has 0 aromatic carbocycles. The summed E-state index contributed by atoms with van der Waals surface area (Å²) < 4.78 is 0. The number of oxime groups is 1. The molecule has 1 aromatic rings. The SMILES string of the molecule is Cc1ccnc(N2CC(C)SC(C)C2)c1/C(N)=N/O. The first-order valence-electron chi connectivity index (χ1n) is 6.36. The highest BCUT2D eigenvalue weighted by Crippen LogP contribution is 2.30. The third kappa shape index (κ3) is 2.94. The minimum Gasteiger partial charge on any atom is -0.409 e. The summed E-state index contributed by atoms with van der Waals surface area (Å²) in [5.74, 6) is 0.938. The number of pyridine rings is 1. The van der Waals surface area contributed by atoms with E-state index in [0.29, 0.717) is 10.5 Å². The number of rotatable bonds is 2. The number of aromatic nitrogens is 1. The number of anilines is 1. The average Bonchev–Trinajstić information content (AvgIpc) is 2.36. The van der Waals surface area contributed by atoms with Crippen molar-refractivity contribution in [3.05, 3.63) is 23.4 Å². The zero-order chi connectivity index (χ0) is 14.0. The molecule has 1 fully saturated rings. The van der Waals surface area contributed by atoms with Crippen molar-refractivity contribution in [2.24, 2.45) is 10.9 Å². The van der Waals surface area contributed by atoms with Crippen molar-refractivity contribution in [2.75, 3.05) is 18.0 Å². The number of aryl methyl sites for hydroxylation is 1. The molecule has 0 bridgehead atoms. The lowest BCUT2D eigenvalue weighted by Gasteiger charge is -2.36. The molecule has 5 nitrogen and oxygen atoms in total. The molecule has 6 heteroatoms. The van der Waals surface area contributed by atoms with Crippen LogP contribution in [-0.4, -0.2) is 39.6 Å². The first-order chi connectivity index (χ1) is 9.02. The largest absolute Gasteiger partial charge is 0.409 e. The lowest BCUT2D eigenvalue weighted by atomic mass is 10.1. The molecule has 2 atom stereocenters. The van der Waals surface area contributed by atoms with Crippen molar-refractivity contribution >= 4 is 23.4 Å². The van der Waals surface area contributed by atoms with E-state index < -0.39 is 0 Å². The van der Waals surface area contributed by atoms with Crippen LogP contribution in [-0.2, 0) is 0 Å². The van der Waals surface area contributed by atoms with E-state index in [4.69, 9.17) is 10.9 Å². The molecule has 2 rings (SSSR count). The molecule has 0 spiro atoms. The summed E-state index contributed by atoms with van der Waals surface area (Å²) in [5, 5.41) is 13.2. The second-order valence-electron chi connectivity index (χ2n) is 4.97. The smallest absolute Gasteiger partial charge is 0.174 e. The Hall–Kier alpha value is -1.43. The molecular weight excluding hydrogens is 260 g/mol. The number of nitrogens with two attached hydrogens (primary N) is 1. The second kappa shape index (κ2) is 5.69. The zero-order valence-corrected chi connectivity index (χ0v) is 12.3. The van der Waals surface area contributed by atoms with Crippen molar-refractivity contribution in [3.8, 4) is 0 Å². The maximum Gasteiger partial charge on any atom is 0.174 e. The van der Waals surface area contributed by atoms with Gasteiger partial charge in [0.1, 0.15) is 5.82 Å². The summed E-state index contributed by atoms with van der Waals surface area (Å²) in [5.41, 5.74) is 7.50. The van der Waals surface area contributed by atoms with Gasteiger partial charge >= 0.3 is 0 Å². The number of thioether (sulfide) groups is 1. The van der Waals surface area contributed by atoms with Gasteiger partial charge in [-0.15, -0.1) is 0 Å². The lowest BCUT2D eigenvalue weighted by Crippen LogP contribution is -2.42. The first kappa shape index (κ1) is 14.0. The molecule has 1 aliphatic rings. The zero-order valence-electron chi connectivity index (χ0n) is 11.5. The van der Waals surface area contributed by atoms with Crippen LogP contribution in [0.2, 0.25) is 0 Å². The number of hydrogen-bond donors (Lipinski definition) is 2. The van der Waals surface area contributed by atoms with Gasteiger partial charge in [0.25, 0.3) is 0 Å². The van der Waals surface area contributed by atoms with E-state index in [-0.39, 0.29) is 5.84 Å². The van der Waals surface area contributed by atoms with Gasteiger partial charge in [0.15, 0.2) is 5.84 Å². The molecular formula is C13H20N4OS. The van der Waals surface area contributed by atoms with E-state index in [0.717, 1.165) is 30.0 Å². The van der Waals surface area contributed by atoms with E-state index >= 15 is 0 Å². The molecule has 19 heavy (non-hydrogen) atoms. The lowest BCUT2D eigenvalue weighted by molar-refractivity contribution is 0.318. The van der Waals surface area contributed by atoms with E-state index in [1.54, 1.807) is 6.20 Å². The third-order valence-corrected chi connectivity index (χ3v) is 4.45. The number of nitrogens with zero attached hydrogens (tertiary/aromatic N) is 3. The summed E-state index contributed by atoms with van der Waals surface area (Å²) in [6.07, 6.45) is 1.77. The Labute approximate surface area is 117 Å². The number of hydrogen-bond acceptors (Lipinski definition) is 5. The van der Waals surface area contributed by atoms with Crippen LogP contribution in [0.3, 0.4) is 0 Å². The van der Waals surface area contributed by atoms with Gasteiger partial charge in [-0.3, -0.25) is 0 Å². The van der Waals surface area contributed by atoms with Crippen molar-refractivity contribution in [1.29, 1.82) is 0 Å². The Morgan fingerprint density at radius 1 is 1.47 bits per heavy atom. The molecule has 0 aliphatic carbocycles. The van der Waals surface area contributed by atoms with Crippen molar-refractivity contribution in [1.82, 2.24) is 4.98 Å². The van der Waals surface area contributed by atoms with Gasteiger partial charge in [-0.2, -0.15) is 11.8 Å². The van der Waals surface area contributed by atoms with E-state index in [2.05, 4.69) is 28.9 Å². The minimum absolute atomic E-state index is 0.124. The highest BCUT2D eigenvalue weighted by Gasteiger charge is 2.26. The topological polar surface area (TPSA) is 74.7 Å². The molecule has 1 aliphatic heterocycles. The summed E-state index contributed by atoms with van der Waals surface area (Å²) in [6.45, 7) is 8.23. The van der Waals surface area contributed by atoms with Crippen LogP contribution in [0.25, 0.3) is 0 Å². The van der Waals surface area contributed by atoms with Gasteiger partial charge in [0.2, 0.25) is 0 Å². The van der Waals surface area contributed by atoms with Gasteiger partial charge in [-0.25, -0.2) is 4.98 Å². The molecule has 0 amide bonds. The molecule has 104 valence electrons. The standard InChI is InChI=1S/C13H20N4OS/c1-8-4-5-15-13(11(8)12(14)16-18)17-6-9(2)19-10(3)7-17/h4-5,9-10,18H,6-7H2,1-3H3,(H2,14,16). The first-order valence-corrected chi connectivity index (χ1v) is 7.31. The van der Waals surface area contributed by atoms with Crippen molar-refractivity contribution in [3.63, 3.8) is 0 Å². The maximum absolute atomic E-state index is 8.95. The quantitative estimate of drug-likeness (QED) is 0.374. The van der Waals surface area contributed by atoms with Crippen LogP contribution < -0.4 is 10.6 Å².